The molecule has 1 unspecified atom stereocenters. The highest BCUT2D eigenvalue weighted by atomic mass is 31.2. The lowest BCUT2D eigenvalue weighted by atomic mass is 10.3. The fraction of sp³-hybridized carbons (Fsp3) is 0.556. The van der Waals surface area contributed by atoms with Gasteiger partial charge in [-0.05, 0) is 44.9 Å². The molecule has 0 saturated carbocycles. The standard InChI is InChI=1S/C27H42N5O5P/c1-5-7-16-34-27(35-17-8-6-2)22(4)31-38(33,37-23-12-10-9-11-13-23)20-36-21(3)18-32-19-30-25-24(28)14-15-29-26(25)32/h9-15,19,21-22,27H,5-8,16-18,20H2,1-4H3,(H2,28,29)(H,31,33)/t21-,22+,38?/m1/s1. The van der Waals surface area contributed by atoms with Gasteiger partial charge in [0.05, 0.1) is 30.7 Å². The molecule has 3 aromatic rings. The largest absolute Gasteiger partial charge is 0.431 e. The van der Waals surface area contributed by atoms with E-state index in [1.165, 1.54) is 0 Å². The number of pyridine rings is 1. The molecule has 210 valence electrons. The van der Waals surface area contributed by atoms with Crippen LogP contribution in [0.25, 0.3) is 11.2 Å². The van der Waals surface area contributed by atoms with Crippen LogP contribution in [0.15, 0.2) is 48.9 Å². The average molecular weight is 548 g/mol. The zero-order valence-electron chi connectivity index (χ0n) is 22.9. The van der Waals surface area contributed by atoms with E-state index >= 15 is 0 Å². The van der Waals surface area contributed by atoms with Crippen LogP contribution in [0.1, 0.15) is 53.4 Å². The van der Waals surface area contributed by atoms with Crippen molar-refractivity contribution in [3.63, 3.8) is 0 Å². The fourth-order valence-electron chi connectivity index (χ4n) is 3.81. The summed E-state index contributed by atoms with van der Waals surface area (Å²) < 4.78 is 40.1. The van der Waals surface area contributed by atoms with Gasteiger partial charge in [0.1, 0.15) is 17.6 Å². The van der Waals surface area contributed by atoms with Gasteiger partial charge >= 0.3 is 7.52 Å². The monoisotopic (exact) mass is 547 g/mol. The molecule has 0 aliphatic heterocycles. The number of aromatic nitrogens is 3. The third-order valence-electron chi connectivity index (χ3n) is 5.88. The lowest BCUT2D eigenvalue weighted by Gasteiger charge is -2.30. The first-order valence-corrected chi connectivity index (χ1v) is 15.2. The molecule has 38 heavy (non-hydrogen) atoms. The number of anilines is 1. The Balaban J connectivity index is 1.70. The van der Waals surface area contributed by atoms with Crippen molar-refractivity contribution in [3.8, 4) is 5.75 Å². The van der Waals surface area contributed by atoms with Gasteiger partial charge in [-0.25, -0.2) is 15.1 Å². The van der Waals surface area contributed by atoms with Crippen LogP contribution in [-0.4, -0.2) is 52.5 Å². The molecule has 3 rings (SSSR count). The van der Waals surface area contributed by atoms with E-state index in [-0.39, 0.29) is 12.5 Å². The van der Waals surface area contributed by atoms with Crippen molar-refractivity contribution in [2.24, 2.45) is 0 Å². The van der Waals surface area contributed by atoms with E-state index < -0.39 is 19.9 Å². The van der Waals surface area contributed by atoms with Crippen molar-refractivity contribution >= 4 is 24.4 Å². The molecule has 2 aromatic heterocycles. The molecule has 10 nitrogen and oxygen atoms in total. The smallest absolute Gasteiger partial charge is 0.342 e. The summed E-state index contributed by atoms with van der Waals surface area (Å²) in [5.41, 5.74) is 7.89. The quantitative estimate of drug-likeness (QED) is 0.119. The van der Waals surface area contributed by atoms with Gasteiger partial charge in [-0.15, -0.1) is 0 Å². The number of nitrogens with zero attached hydrogens (tertiary/aromatic N) is 3. The van der Waals surface area contributed by atoms with Crippen molar-refractivity contribution in [1.82, 2.24) is 19.6 Å². The van der Waals surface area contributed by atoms with Gasteiger partial charge in [0.2, 0.25) is 0 Å². The number of hydrogen-bond donors (Lipinski definition) is 2. The predicted octanol–water partition coefficient (Wildman–Crippen LogP) is 5.59. The van der Waals surface area contributed by atoms with Crippen LogP contribution in [0.3, 0.4) is 0 Å². The van der Waals surface area contributed by atoms with E-state index in [2.05, 4.69) is 28.9 Å². The molecule has 2 heterocycles. The Morgan fingerprint density at radius 1 is 1.00 bits per heavy atom. The first kappa shape index (κ1) is 30.1. The third kappa shape index (κ3) is 9.06. The fourth-order valence-corrected chi connectivity index (χ4v) is 5.64. The van der Waals surface area contributed by atoms with Gasteiger partial charge in [-0.2, -0.15) is 0 Å². The number of nitrogens with one attached hydrogen (secondary N) is 1. The van der Waals surface area contributed by atoms with Crippen molar-refractivity contribution < 1.29 is 23.3 Å². The highest BCUT2D eigenvalue weighted by Crippen LogP contribution is 2.44. The number of benzene rings is 1. The second kappa shape index (κ2) is 15.2. The van der Waals surface area contributed by atoms with Crippen LogP contribution in [0.4, 0.5) is 5.69 Å². The molecule has 3 N–H and O–H groups in total. The number of fused-ring (bicyclic) bond motifs is 1. The topological polar surface area (TPSA) is 123 Å². The first-order chi connectivity index (χ1) is 18.3. The second-order valence-corrected chi connectivity index (χ2v) is 11.4. The third-order valence-corrected chi connectivity index (χ3v) is 7.68. The Labute approximate surface area is 225 Å². The minimum Gasteiger partial charge on any atom is -0.431 e. The Kier molecular flexibility index (Phi) is 12.0. The molecule has 1 aromatic carbocycles. The van der Waals surface area contributed by atoms with Gasteiger partial charge < -0.3 is 29.0 Å². The maximum atomic E-state index is 14.1. The zero-order chi connectivity index (χ0) is 27.4. The molecule has 0 saturated heterocycles. The zero-order valence-corrected chi connectivity index (χ0v) is 23.8. The average Bonchev–Trinajstić information content (AvgIpc) is 3.31. The molecule has 0 aliphatic rings. The maximum absolute atomic E-state index is 14.1. The maximum Gasteiger partial charge on any atom is 0.342 e. The second-order valence-electron chi connectivity index (χ2n) is 9.39. The summed E-state index contributed by atoms with van der Waals surface area (Å²) in [4.78, 5) is 8.74. The van der Waals surface area contributed by atoms with Crippen molar-refractivity contribution in [2.75, 3.05) is 25.3 Å². The van der Waals surface area contributed by atoms with Crippen molar-refractivity contribution in [3.05, 3.63) is 48.9 Å². The molecule has 0 aliphatic carbocycles. The summed E-state index contributed by atoms with van der Waals surface area (Å²) in [6.07, 6.45) is 6.18. The Morgan fingerprint density at radius 3 is 2.34 bits per heavy atom. The molecule has 0 bridgehead atoms. The van der Waals surface area contributed by atoms with E-state index in [4.69, 9.17) is 24.5 Å². The molecule has 0 spiro atoms. The molecule has 11 heteroatoms. The summed E-state index contributed by atoms with van der Waals surface area (Å²) in [5, 5.41) is 3.16. The Bertz CT molecular complexity index is 1140. The van der Waals surface area contributed by atoms with Crippen molar-refractivity contribution in [2.45, 2.75) is 78.4 Å². The van der Waals surface area contributed by atoms with Crippen LogP contribution in [0.5, 0.6) is 5.75 Å². The van der Waals surface area contributed by atoms with Gasteiger partial charge in [0.25, 0.3) is 0 Å². The van der Waals surface area contributed by atoms with E-state index in [1.807, 2.05) is 36.6 Å². The number of hydrogen-bond acceptors (Lipinski definition) is 8. The normalized spacial score (nSPS) is 15.0. The van der Waals surface area contributed by atoms with E-state index in [0.29, 0.717) is 42.4 Å². The van der Waals surface area contributed by atoms with Crippen LogP contribution in [-0.2, 0) is 25.3 Å². The number of nitrogens with two attached hydrogens (primary N) is 1. The summed E-state index contributed by atoms with van der Waals surface area (Å²) in [5.74, 6) is 0.488. The highest BCUT2D eigenvalue weighted by Gasteiger charge is 2.32. The molecule has 0 amide bonds. The van der Waals surface area contributed by atoms with E-state index in [1.54, 1.807) is 30.7 Å². The van der Waals surface area contributed by atoms with Crippen molar-refractivity contribution in [1.29, 1.82) is 0 Å². The van der Waals surface area contributed by atoms with Crippen LogP contribution >= 0.6 is 7.52 Å². The van der Waals surface area contributed by atoms with Crippen LogP contribution in [0.2, 0.25) is 0 Å². The molecule has 0 fully saturated rings. The van der Waals surface area contributed by atoms with Crippen LogP contribution in [0, 0.1) is 0 Å². The van der Waals surface area contributed by atoms with Gasteiger partial charge in [0, 0.05) is 19.4 Å². The summed E-state index contributed by atoms with van der Waals surface area (Å²) in [6.45, 7) is 9.59. The molecule has 0 radical (unpaired) electrons. The van der Waals surface area contributed by atoms with Gasteiger partial charge in [-0.3, -0.25) is 4.57 Å². The van der Waals surface area contributed by atoms with Gasteiger partial charge in [0.15, 0.2) is 11.9 Å². The highest BCUT2D eigenvalue weighted by molar-refractivity contribution is 7.57. The molecular weight excluding hydrogens is 505 g/mol. The number of para-hydroxylation sites is 1. The lowest BCUT2D eigenvalue weighted by Crippen LogP contribution is -2.41. The summed E-state index contributed by atoms with van der Waals surface area (Å²) >= 11 is 0. The number of nitrogen functional groups attached to an aromatic ring is 1. The number of rotatable bonds is 18. The predicted molar refractivity (Wildman–Crippen MR) is 150 cm³/mol. The SMILES string of the molecule is CCCCOC(OCCCC)[C@H](C)NP(=O)(CO[C@H](C)Cn1cnc2c(N)ccnc21)Oc1ccccc1. The van der Waals surface area contributed by atoms with E-state index in [0.717, 1.165) is 25.7 Å². The molecule has 3 atom stereocenters. The van der Waals surface area contributed by atoms with Gasteiger partial charge in [-0.1, -0.05) is 44.9 Å². The van der Waals surface area contributed by atoms with E-state index in [9.17, 15) is 4.57 Å². The number of imidazole rings is 1. The minimum atomic E-state index is -3.52. The Morgan fingerprint density at radius 2 is 1.68 bits per heavy atom. The minimum absolute atomic E-state index is 0.147. The van der Waals surface area contributed by atoms with Crippen LogP contribution < -0.4 is 15.3 Å². The first-order valence-electron chi connectivity index (χ1n) is 13.4. The number of ether oxygens (including phenoxy) is 3. The lowest BCUT2D eigenvalue weighted by molar-refractivity contribution is -0.155. The number of unbranched alkanes of at least 4 members (excludes halogenated alkanes) is 2. The Hall–Kier alpha value is -2.49. The summed E-state index contributed by atoms with van der Waals surface area (Å²) in [7, 11) is -3.52. The molecular formula is C27H42N5O5P. The summed E-state index contributed by atoms with van der Waals surface area (Å²) in [6, 6.07) is 10.4.